The van der Waals surface area contributed by atoms with Crippen molar-refractivity contribution in [3.8, 4) is 11.5 Å². The summed E-state index contributed by atoms with van der Waals surface area (Å²) in [6, 6.07) is 25.4. The number of hydrogen-bond donors (Lipinski definition) is 1. The average molecular weight is 496 g/mol. The maximum Gasteiger partial charge on any atom is 0.323 e. The van der Waals surface area contributed by atoms with Gasteiger partial charge in [-0.25, -0.2) is 0 Å². The number of carboxylic acid groups (broad SMARTS) is 1. The molecular formula is C31H29NO5. The first-order valence-electron chi connectivity index (χ1n) is 12.5. The van der Waals surface area contributed by atoms with E-state index in [2.05, 4.69) is 0 Å². The van der Waals surface area contributed by atoms with E-state index in [1.165, 1.54) is 0 Å². The number of carbonyl (C=O) groups is 2. The van der Waals surface area contributed by atoms with Crippen molar-refractivity contribution in [3.05, 3.63) is 84.4 Å². The van der Waals surface area contributed by atoms with Gasteiger partial charge in [0, 0.05) is 27.7 Å². The number of fused-ring (bicyclic) bond motifs is 4. The summed E-state index contributed by atoms with van der Waals surface area (Å²) in [6.45, 7) is 2.54. The number of hydrogen-bond acceptors (Lipinski definition) is 4. The Hall–Kier alpha value is -4.32. The number of para-hydroxylation sites is 1. The second kappa shape index (κ2) is 10.7. The molecule has 5 aromatic rings. The molecule has 4 aromatic carbocycles. The lowest BCUT2D eigenvalue weighted by Gasteiger charge is -2.13. The van der Waals surface area contributed by atoms with Crippen molar-refractivity contribution in [1.82, 2.24) is 4.57 Å². The van der Waals surface area contributed by atoms with E-state index in [1.807, 2.05) is 83.4 Å². The fourth-order valence-corrected chi connectivity index (χ4v) is 4.85. The SMILES string of the molecule is CC(=O)c1ccc2ccccc2c1OCCCCCOc1ccc2c3ccccc3n(CC(=O)O)c2c1. The number of carbonyl (C=O) groups excluding carboxylic acids is 1. The fourth-order valence-electron chi connectivity index (χ4n) is 4.85. The maximum absolute atomic E-state index is 12.1. The van der Waals surface area contributed by atoms with Gasteiger partial charge in [0.1, 0.15) is 18.0 Å². The molecular weight excluding hydrogens is 466 g/mol. The van der Waals surface area contributed by atoms with Crippen LogP contribution in [-0.4, -0.2) is 34.6 Å². The number of nitrogens with zero attached hydrogens (tertiary/aromatic N) is 1. The molecule has 0 fully saturated rings. The predicted octanol–water partition coefficient (Wildman–Crippen LogP) is 6.86. The molecule has 0 saturated heterocycles. The number of unbranched alkanes of at least 4 members (excludes halogenated alkanes) is 2. The summed E-state index contributed by atoms with van der Waals surface area (Å²) in [5.74, 6) is 0.496. The molecule has 5 rings (SSSR count). The molecule has 0 atom stereocenters. The number of aliphatic carboxylic acids is 1. The Labute approximate surface area is 215 Å². The zero-order valence-electron chi connectivity index (χ0n) is 20.8. The molecule has 0 bridgehead atoms. The van der Waals surface area contributed by atoms with Crippen molar-refractivity contribution < 1.29 is 24.2 Å². The summed E-state index contributed by atoms with van der Waals surface area (Å²) in [4.78, 5) is 23.6. The number of benzene rings is 4. The van der Waals surface area contributed by atoms with E-state index >= 15 is 0 Å². The molecule has 0 amide bonds. The van der Waals surface area contributed by atoms with Crippen LogP contribution in [0.4, 0.5) is 0 Å². The van der Waals surface area contributed by atoms with Gasteiger partial charge in [-0.05, 0) is 55.8 Å². The first kappa shape index (κ1) is 24.4. The molecule has 1 heterocycles. The van der Waals surface area contributed by atoms with Crippen molar-refractivity contribution in [2.45, 2.75) is 32.7 Å². The molecule has 1 aromatic heterocycles. The lowest BCUT2D eigenvalue weighted by molar-refractivity contribution is -0.137. The number of Topliss-reactive ketones (excluding diaryl/α,β-unsaturated/α-hetero) is 1. The average Bonchev–Trinajstić information content (AvgIpc) is 3.20. The second-order valence-electron chi connectivity index (χ2n) is 9.15. The number of rotatable bonds is 11. The third-order valence-electron chi connectivity index (χ3n) is 6.60. The molecule has 0 aliphatic heterocycles. The molecule has 0 unspecified atom stereocenters. The third-order valence-corrected chi connectivity index (χ3v) is 6.60. The Morgan fingerprint density at radius 2 is 1.46 bits per heavy atom. The summed E-state index contributed by atoms with van der Waals surface area (Å²) >= 11 is 0. The molecule has 1 N–H and O–H groups in total. The van der Waals surface area contributed by atoms with E-state index in [9.17, 15) is 14.7 Å². The zero-order valence-corrected chi connectivity index (χ0v) is 20.8. The Bertz CT molecular complexity index is 1600. The van der Waals surface area contributed by atoms with E-state index in [0.29, 0.717) is 24.5 Å². The van der Waals surface area contributed by atoms with Crippen LogP contribution in [-0.2, 0) is 11.3 Å². The fraction of sp³-hybridized carbons (Fsp3) is 0.226. The highest BCUT2D eigenvalue weighted by atomic mass is 16.5. The topological polar surface area (TPSA) is 77.8 Å². The molecule has 0 aliphatic carbocycles. The minimum atomic E-state index is -0.880. The van der Waals surface area contributed by atoms with Crippen molar-refractivity contribution in [2.24, 2.45) is 0 Å². The number of ether oxygens (including phenoxy) is 2. The first-order valence-corrected chi connectivity index (χ1v) is 12.5. The van der Waals surface area contributed by atoms with Gasteiger partial charge in [-0.3, -0.25) is 9.59 Å². The molecule has 0 radical (unpaired) electrons. The molecule has 0 saturated carbocycles. The minimum absolute atomic E-state index is 0.00600. The summed E-state index contributed by atoms with van der Waals surface area (Å²) in [5, 5.41) is 13.5. The highest BCUT2D eigenvalue weighted by molar-refractivity contribution is 6.09. The largest absolute Gasteiger partial charge is 0.494 e. The predicted molar refractivity (Wildman–Crippen MR) is 146 cm³/mol. The molecule has 188 valence electrons. The van der Waals surface area contributed by atoms with Gasteiger partial charge in [0.2, 0.25) is 0 Å². The molecule has 6 heteroatoms. The highest BCUT2D eigenvalue weighted by Crippen LogP contribution is 2.32. The van der Waals surface area contributed by atoms with E-state index in [0.717, 1.165) is 57.6 Å². The molecule has 6 nitrogen and oxygen atoms in total. The monoisotopic (exact) mass is 495 g/mol. The van der Waals surface area contributed by atoms with Crippen molar-refractivity contribution in [2.75, 3.05) is 13.2 Å². The van der Waals surface area contributed by atoms with Gasteiger partial charge >= 0.3 is 5.97 Å². The summed E-state index contributed by atoms with van der Waals surface area (Å²) in [6.07, 6.45) is 2.62. The Balaban J connectivity index is 1.18. The van der Waals surface area contributed by atoms with E-state index in [1.54, 1.807) is 6.92 Å². The van der Waals surface area contributed by atoms with Crippen LogP contribution in [0.2, 0.25) is 0 Å². The normalized spacial score (nSPS) is 11.3. The van der Waals surface area contributed by atoms with Crippen molar-refractivity contribution in [3.63, 3.8) is 0 Å². The molecule has 0 spiro atoms. The summed E-state index contributed by atoms with van der Waals surface area (Å²) in [7, 11) is 0. The van der Waals surface area contributed by atoms with Gasteiger partial charge in [-0.2, -0.15) is 0 Å². The molecule has 37 heavy (non-hydrogen) atoms. The van der Waals surface area contributed by atoms with Crippen molar-refractivity contribution in [1.29, 1.82) is 0 Å². The zero-order chi connectivity index (χ0) is 25.8. The van der Waals surface area contributed by atoms with Gasteiger partial charge in [0.25, 0.3) is 0 Å². The highest BCUT2D eigenvalue weighted by Gasteiger charge is 2.14. The van der Waals surface area contributed by atoms with Crippen LogP contribution in [0.5, 0.6) is 11.5 Å². The second-order valence-corrected chi connectivity index (χ2v) is 9.15. The Morgan fingerprint density at radius 3 is 2.24 bits per heavy atom. The van der Waals surface area contributed by atoms with Gasteiger partial charge < -0.3 is 19.1 Å². The van der Waals surface area contributed by atoms with E-state index in [4.69, 9.17) is 9.47 Å². The third kappa shape index (κ3) is 5.14. The van der Waals surface area contributed by atoms with Gasteiger partial charge in [0.15, 0.2) is 5.78 Å². The van der Waals surface area contributed by atoms with Crippen LogP contribution in [0.3, 0.4) is 0 Å². The Morgan fingerprint density at radius 1 is 0.757 bits per heavy atom. The van der Waals surface area contributed by atoms with Crippen LogP contribution < -0.4 is 9.47 Å². The lowest BCUT2D eigenvalue weighted by Crippen LogP contribution is -2.08. The smallest absolute Gasteiger partial charge is 0.323 e. The van der Waals surface area contributed by atoms with Gasteiger partial charge in [0.05, 0.1) is 24.3 Å². The van der Waals surface area contributed by atoms with Crippen LogP contribution in [0.25, 0.3) is 32.6 Å². The van der Waals surface area contributed by atoms with Crippen LogP contribution in [0.1, 0.15) is 36.5 Å². The van der Waals surface area contributed by atoms with E-state index < -0.39 is 5.97 Å². The maximum atomic E-state index is 12.1. The van der Waals surface area contributed by atoms with Gasteiger partial charge in [-0.1, -0.05) is 48.5 Å². The number of aromatic nitrogens is 1. The first-order chi connectivity index (χ1) is 18.0. The molecule has 0 aliphatic rings. The standard InChI is InChI=1S/C31H29NO5/c1-21(33)24-15-13-22-9-3-4-10-25(22)31(24)37-18-8-2-7-17-36-23-14-16-27-26-11-5-6-12-28(26)32(20-30(34)35)29(27)19-23/h3-6,9-16,19H,2,7-8,17-18,20H2,1H3,(H,34,35). The minimum Gasteiger partial charge on any atom is -0.494 e. The van der Waals surface area contributed by atoms with Crippen molar-refractivity contribution >= 4 is 44.3 Å². The summed E-state index contributed by atoms with van der Waals surface area (Å²) in [5.41, 5.74) is 2.36. The Kier molecular flexibility index (Phi) is 7.08. The van der Waals surface area contributed by atoms with E-state index in [-0.39, 0.29) is 12.3 Å². The lowest BCUT2D eigenvalue weighted by atomic mass is 10.0. The van der Waals surface area contributed by atoms with Crippen LogP contribution in [0, 0.1) is 0 Å². The van der Waals surface area contributed by atoms with Crippen LogP contribution >= 0.6 is 0 Å². The van der Waals surface area contributed by atoms with Gasteiger partial charge in [-0.15, -0.1) is 0 Å². The number of ketones is 1. The quantitative estimate of drug-likeness (QED) is 0.160. The van der Waals surface area contributed by atoms with Crippen LogP contribution in [0.15, 0.2) is 78.9 Å². The number of carboxylic acids is 1. The summed E-state index contributed by atoms with van der Waals surface area (Å²) < 4.78 is 13.9.